The van der Waals surface area contributed by atoms with Gasteiger partial charge < -0.3 is 19.7 Å². The van der Waals surface area contributed by atoms with Crippen molar-refractivity contribution in [1.29, 1.82) is 0 Å². The number of nitrogens with one attached hydrogen (secondary N) is 1. The second-order valence-corrected chi connectivity index (χ2v) is 7.37. The predicted molar refractivity (Wildman–Crippen MR) is 120 cm³/mol. The summed E-state index contributed by atoms with van der Waals surface area (Å²) in [6, 6.07) is 24.0. The SMILES string of the molecule is Cc1ccc(-c2ccc(OCC(=O)Nc3ccc(N4CCOCC4)cc3)cc2)cc1. The topological polar surface area (TPSA) is 50.8 Å². The summed E-state index contributed by atoms with van der Waals surface area (Å²) in [7, 11) is 0. The molecule has 1 aliphatic rings. The molecule has 0 unspecified atom stereocenters. The van der Waals surface area contributed by atoms with E-state index in [0.29, 0.717) is 5.75 Å². The van der Waals surface area contributed by atoms with Crippen molar-refractivity contribution in [2.75, 3.05) is 43.1 Å². The van der Waals surface area contributed by atoms with Crippen LogP contribution in [0.1, 0.15) is 5.56 Å². The Labute approximate surface area is 177 Å². The van der Waals surface area contributed by atoms with E-state index in [-0.39, 0.29) is 12.5 Å². The number of aryl methyl sites for hydroxylation is 1. The monoisotopic (exact) mass is 402 g/mol. The van der Waals surface area contributed by atoms with Gasteiger partial charge >= 0.3 is 0 Å². The standard InChI is InChI=1S/C25H26N2O3/c1-19-2-4-20(5-3-19)21-6-12-24(13-7-21)30-18-25(28)26-22-8-10-23(11-9-22)27-14-16-29-17-15-27/h2-13H,14-18H2,1H3,(H,26,28). The van der Waals surface area contributed by atoms with Crippen molar-refractivity contribution in [3.05, 3.63) is 78.4 Å². The minimum atomic E-state index is -0.184. The van der Waals surface area contributed by atoms with Crippen LogP contribution in [0, 0.1) is 6.92 Å². The molecule has 4 rings (SSSR count). The zero-order valence-electron chi connectivity index (χ0n) is 17.1. The Morgan fingerprint density at radius 2 is 1.50 bits per heavy atom. The van der Waals surface area contributed by atoms with E-state index in [2.05, 4.69) is 41.4 Å². The molecule has 0 aromatic heterocycles. The highest BCUT2D eigenvalue weighted by Gasteiger charge is 2.11. The number of hydrogen-bond acceptors (Lipinski definition) is 4. The van der Waals surface area contributed by atoms with Crippen molar-refractivity contribution in [2.45, 2.75) is 6.92 Å². The molecule has 0 atom stereocenters. The van der Waals surface area contributed by atoms with Crippen molar-refractivity contribution in [2.24, 2.45) is 0 Å². The second-order valence-electron chi connectivity index (χ2n) is 7.37. The minimum absolute atomic E-state index is 0.0326. The molecule has 1 amide bonds. The lowest BCUT2D eigenvalue weighted by atomic mass is 10.0. The van der Waals surface area contributed by atoms with Gasteiger partial charge in [-0.05, 0) is 54.4 Å². The number of rotatable bonds is 6. The van der Waals surface area contributed by atoms with Crippen molar-refractivity contribution >= 4 is 17.3 Å². The molecule has 0 spiro atoms. The number of hydrogen-bond donors (Lipinski definition) is 1. The molecule has 154 valence electrons. The Balaban J connectivity index is 1.27. The molecule has 3 aromatic carbocycles. The molecular formula is C25H26N2O3. The van der Waals surface area contributed by atoms with E-state index < -0.39 is 0 Å². The van der Waals surface area contributed by atoms with Crippen molar-refractivity contribution < 1.29 is 14.3 Å². The maximum atomic E-state index is 12.2. The molecule has 1 N–H and O–H groups in total. The van der Waals surface area contributed by atoms with Gasteiger partial charge in [-0.2, -0.15) is 0 Å². The van der Waals surface area contributed by atoms with Gasteiger partial charge in [0.05, 0.1) is 13.2 Å². The summed E-state index contributed by atoms with van der Waals surface area (Å²) in [5.41, 5.74) is 5.41. The zero-order chi connectivity index (χ0) is 20.8. The van der Waals surface area contributed by atoms with Gasteiger partial charge in [0.15, 0.2) is 6.61 Å². The first-order valence-electron chi connectivity index (χ1n) is 10.2. The van der Waals surface area contributed by atoms with Crippen LogP contribution in [0.25, 0.3) is 11.1 Å². The Bertz CT molecular complexity index is 961. The van der Waals surface area contributed by atoms with Crippen LogP contribution < -0.4 is 15.0 Å². The summed E-state index contributed by atoms with van der Waals surface area (Å²) in [5.74, 6) is 0.486. The van der Waals surface area contributed by atoms with Crippen LogP contribution in [-0.4, -0.2) is 38.8 Å². The fourth-order valence-electron chi connectivity index (χ4n) is 3.41. The molecule has 5 nitrogen and oxygen atoms in total. The van der Waals surface area contributed by atoms with E-state index in [1.54, 1.807) is 0 Å². The molecule has 5 heteroatoms. The molecular weight excluding hydrogens is 376 g/mol. The molecule has 1 aliphatic heterocycles. The molecule has 0 radical (unpaired) electrons. The summed E-state index contributed by atoms with van der Waals surface area (Å²) >= 11 is 0. The van der Waals surface area contributed by atoms with Gasteiger partial charge in [-0.3, -0.25) is 4.79 Å². The Hall–Kier alpha value is -3.31. The van der Waals surface area contributed by atoms with Gasteiger partial charge in [0.2, 0.25) is 0 Å². The van der Waals surface area contributed by atoms with Gasteiger partial charge in [-0.1, -0.05) is 42.0 Å². The van der Waals surface area contributed by atoms with Gasteiger partial charge in [0.25, 0.3) is 5.91 Å². The van der Waals surface area contributed by atoms with E-state index in [9.17, 15) is 4.79 Å². The third-order valence-electron chi connectivity index (χ3n) is 5.14. The van der Waals surface area contributed by atoms with Crippen LogP contribution in [-0.2, 0) is 9.53 Å². The zero-order valence-corrected chi connectivity index (χ0v) is 17.1. The van der Waals surface area contributed by atoms with Gasteiger partial charge in [0, 0.05) is 24.5 Å². The molecule has 0 saturated carbocycles. The number of morpholine rings is 1. The first kappa shape index (κ1) is 20.0. The number of benzene rings is 3. The molecule has 3 aromatic rings. The number of ether oxygens (including phenoxy) is 2. The van der Waals surface area contributed by atoms with Crippen LogP contribution in [0.5, 0.6) is 5.75 Å². The number of amides is 1. The third kappa shape index (κ3) is 5.19. The van der Waals surface area contributed by atoms with Crippen molar-refractivity contribution in [3.8, 4) is 16.9 Å². The van der Waals surface area contributed by atoms with E-state index >= 15 is 0 Å². The fourth-order valence-corrected chi connectivity index (χ4v) is 3.41. The van der Waals surface area contributed by atoms with Crippen LogP contribution in [0.4, 0.5) is 11.4 Å². The lowest BCUT2D eigenvalue weighted by molar-refractivity contribution is -0.118. The van der Waals surface area contributed by atoms with Crippen LogP contribution in [0.15, 0.2) is 72.8 Å². The Kier molecular flexibility index (Phi) is 6.30. The lowest BCUT2D eigenvalue weighted by Crippen LogP contribution is -2.36. The highest BCUT2D eigenvalue weighted by Crippen LogP contribution is 2.23. The van der Waals surface area contributed by atoms with Crippen LogP contribution >= 0.6 is 0 Å². The molecule has 1 saturated heterocycles. The first-order valence-corrected chi connectivity index (χ1v) is 10.2. The van der Waals surface area contributed by atoms with Crippen molar-refractivity contribution in [3.63, 3.8) is 0 Å². The highest BCUT2D eigenvalue weighted by molar-refractivity contribution is 5.92. The molecule has 0 aliphatic carbocycles. The molecule has 1 heterocycles. The van der Waals surface area contributed by atoms with Crippen LogP contribution in [0.3, 0.4) is 0 Å². The van der Waals surface area contributed by atoms with Gasteiger partial charge in [0.1, 0.15) is 5.75 Å². The van der Waals surface area contributed by atoms with E-state index in [1.807, 2.05) is 48.5 Å². The maximum Gasteiger partial charge on any atom is 0.262 e. The Morgan fingerprint density at radius 3 is 2.13 bits per heavy atom. The number of carbonyl (C=O) groups is 1. The van der Waals surface area contributed by atoms with Crippen LogP contribution in [0.2, 0.25) is 0 Å². The van der Waals surface area contributed by atoms with E-state index in [4.69, 9.17) is 9.47 Å². The largest absolute Gasteiger partial charge is 0.484 e. The number of anilines is 2. The summed E-state index contributed by atoms with van der Waals surface area (Å²) in [6.45, 7) is 5.33. The minimum Gasteiger partial charge on any atom is -0.484 e. The van der Waals surface area contributed by atoms with E-state index in [0.717, 1.165) is 48.8 Å². The Morgan fingerprint density at radius 1 is 0.900 bits per heavy atom. The van der Waals surface area contributed by atoms with Gasteiger partial charge in [-0.25, -0.2) is 0 Å². The summed E-state index contributed by atoms with van der Waals surface area (Å²) in [6.07, 6.45) is 0. The second kappa shape index (κ2) is 9.46. The van der Waals surface area contributed by atoms with E-state index in [1.165, 1.54) is 5.56 Å². The summed E-state index contributed by atoms with van der Waals surface area (Å²) < 4.78 is 11.0. The molecule has 30 heavy (non-hydrogen) atoms. The average molecular weight is 402 g/mol. The average Bonchev–Trinajstić information content (AvgIpc) is 2.80. The third-order valence-corrected chi connectivity index (χ3v) is 5.14. The lowest BCUT2D eigenvalue weighted by Gasteiger charge is -2.28. The molecule has 0 bridgehead atoms. The van der Waals surface area contributed by atoms with Gasteiger partial charge in [-0.15, -0.1) is 0 Å². The number of carbonyl (C=O) groups excluding carboxylic acids is 1. The smallest absolute Gasteiger partial charge is 0.262 e. The fraction of sp³-hybridized carbons (Fsp3) is 0.240. The first-order chi connectivity index (χ1) is 14.7. The normalized spacial score (nSPS) is 13.7. The maximum absolute atomic E-state index is 12.2. The summed E-state index contributed by atoms with van der Waals surface area (Å²) in [4.78, 5) is 14.5. The highest BCUT2D eigenvalue weighted by atomic mass is 16.5. The molecule has 1 fully saturated rings. The number of nitrogens with zero attached hydrogens (tertiary/aromatic N) is 1. The summed E-state index contributed by atoms with van der Waals surface area (Å²) in [5, 5.41) is 2.88. The predicted octanol–water partition coefficient (Wildman–Crippen LogP) is 4.52. The quantitative estimate of drug-likeness (QED) is 0.659. The van der Waals surface area contributed by atoms with Crippen molar-refractivity contribution in [1.82, 2.24) is 0 Å².